The van der Waals surface area contributed by atoms with Gasteiger partial charge in [-0.3, -0.25) is 0 Å². The molecule has 0 saturated heterocycles. The summed E-state index contributed by atoms with van der Waals surface area (Å²) < 4.78 is 0. The van der Waals surface area contributed by atoms with E-state index in [0.29, 0.717) is 5.76 Å². The van der Waals surface area contributed by atoms with Crippen molar-refractivity contribution in [1.82, 2.24) is 0 Å². The molecule has 1 aliphatic rings. The van der Waals surface area contributed by atoms with E-state index in [1.807, 2.05) is 54.6 Å². The molecule has 0 saturated carbocycles. The smallest absolute Gasteiger partial charge is 0.0963 e. The second-order valence-corrected chi connectivity index (χ2v) is 2.72. The Balaban J connectivity index is 0.000000246. The number of rotatable bonds is 0. The van der Waals surface area contributed by atoms with E-state index in [1.54, 1.807) is 6.92 Å². The number of allylic oxidation sites excluding steroid dienone is 6. The normalized spacial score (nSPS) is 11.6. The topological polar surface area (TPSA) is 20.2 Å². The van der Waals surface area contributed by atoms with Crippen LogP contribution in [-0.4, -0.2) is 5.11 Å². The first-order chi connectivity index (χ1) is 6.30. The first-order valence-corrected chi connectivity index (χ1v) is 4.22. The molecule has 1 aromatic rings. The van der Waals surface area contributed by atoms with Crippen molar-refractivity contribution in [3.05, 3.63) is 66.0 Å². The molecule has 1 aromatic carbocycles. The molecule has 1 aliphatic carbocycles. The molecule has 0 unspecified atom stereocenters. The number of aliphatic hydroxyl groups excluding tert-OH is 1. The maximum atomic E-state index is 8.83. The Bertz CT molecular complexity index is 283. The van der Waals surface area contributed by atoms with Crippen molar-refractivity contribution < 1.29 is 21.9 Å². The Morgan fingerprint density at radius 1 is 1.14 bits per heavy atom. The van der Waals surface area contributed by atoms with Crippen molar-refractivity contribution in [2.45, 2.75) is 6.92 Å². The molecule has 2 rings (SSSR count). The third-order valence-electron chi connectivity index (χ3n) is 1.64. The standard InChI is InChI=1S/C7H8O.C5H5.Co/c1-6(8)7-4-2-3-5-7;1-2-4-5-3-1;/h2-5,8H,1H3;1-5H;/q;-1;. The van der Waals surface area contributed by atoms with E-state index in [-0.39, 0.29) is 16.8 Å². The van der Waals surface area contributed by atoms with Gasteiger partial charge in [-0.25, -0.2) is 12.1 Å². The summed E-state index contributed by atoms with van der Waals surface area (Å²) >= 11 is 0. The molecule has 14 heavy (non-hydrogen) atoms. The zero-order chi connectivity index (χ0) is 9.52. The zero-order valence-electron chi connectivity index (χ0n) is 7.98. The number of hydrogen-bond donors (Lipinski definition) is 1. The molecule has 1 N–H and O–H groups in total. The van der Waals surface area contributed by atoms with Gasteiger partial charge >= 0.3 is 0 Å². The van der Waals surface area contributed by atoms with Crippen molar-refractivity contribution >= 4 is 0 Å². The van der Waals surface area contributed by atoms with Crippen LogP contribution in [0.3, 0.4) is 0 Å². The summed E-state index contributed by atoms with van der Waals surface area (Å²) in [5.41, 5.74) is 0.907. The Hall–Kier alpha value is -1.12. The molecular weight excluding hydrogens is 219 g/mol. The van der Waals surface area contributed by atoms with E-state index in [9.17, 15) is 0 Å². The SMILES string of the molecule is CC(O)=C1C=CC=C1.[Co].c1cc[cH-]c1. The fourth-order valence-electron chi connectivity index (χ4n) is 0.936. The van der Waals surface area contributed by atoms with Crippen LogP contribution in [0, 0.1) is 0 Å². The summed E-state index contributed by atoms with van der Waals surface area (Å²) in [5, 5.41) is 8.83. The van der Waals surface area contributed by atoms with Crippen molar-refractivity contribution in [3.8, 4) is 0 Å². The largest absolute Gasteiger partial charge is 0.512 e. The van der Waals surface area contributed by atoms with E-state index in [2.05, 4.69) is 0 Å². The van der Waals surface area contributed by atoms with Crippen LogP contribution < -0.4 is 0 Å². The van der Waals surface area contributed by atoms with Gasteiger partial charge in [0.25, 0.3) is 0 Å². The molecule has 0 heterocycles. The van der Waals surface area contributed by atoms with Crippen LogP contribution in [0.2, 0.25) is 0 Å². The second kappa shape index (κ2) is 7.30. The van der Waals surface area contributed by atoms with E-state index in [0.717, 1.165) is 5.57 Å². The van der Waals surface area contributed by atoms with Crippen LogP contribution in [0.1, 0.15) is 6.92 Å². The first-order valence-electron chi connectivity index (χ1n) is 4.22. The molecular formula is C12H13CoO-. The van der Waals surface area contributed by atoms with Crippen molar-refractivity contribution in [2.75, 3.05) is 0 Å². The average Bonchev–Trinajstić information content (AvgIpc) is 2.82. The number of aliphatic hydroxyl groups is 1. The maximum Gasteiger partial charge on any atom is 0.0963 e. The van der Waals surface area contributed by atoms with Gasteiger partial charge in [0.15, 0.2) is 0 Å². The zero-order valence-corrected chi connectivity index (χ0v) is 9.02. The molecule has 1 nitrogen and oxygen atoms in total. The Morgan fingerprint density at radius 2 is 1.64 bits per heavy atom. The third kappa shape index (κ3) is 4.79. The minimum Gasteiger partial charge on any atom is -0.512 e. The van der Waals surface area contributed by atoms with Gasteiger partial charge in [-0.15, -0.1) is 0 Å². The molecule has 0 atom stereocenters. The monoisotopic (exact) mass is 232 g/mol. The summed E-state index contributed by atoms with van der Waals surface area (Å²) in [6.45, 7) is 1.68. The average molecular weight is 232 g/mol. The van der Waals surface area contributed by atoms with Crippen molar-refractivity contribution in [1.29, 1.82) is 0 Å². The number of hydrogen-bond acceptors (Lipinski definition) is 1. The summed E-state index contributed by atoms with van der Waals surface area (Å²) in [7, 11) is 0. The van der Waals surface area contributed by atoms with Crippen LogP contribution in [0.4, 0.5) is 0 Å². The molecule has 2 heteroatoms. The molecule has 0 aromatic heterocycles. The molecule has 0 fully saturated rings. The van der Waals surface area contributed by atoms with Crippen molar-refractivity contribution in [3.63, 3.8) is 0 Å². The molecule has 0 bridgehead atoms. The molecule has 77 valence electrons. The molecule has 1 radical (unpaired) electrons. The minimum absolute atomic E-state index is 0. The van der Waals surface area contributed by atoms with E-state index in [1.165, 1.54) is 0 Å². The Labute approximate surface area is 95.0 Å². The van der Waals surface area contributed by atoms with Gasteiger partial charge in [0.1, 0.15) is 0 Å². The quantitative estimate of drug-likeness (QED) is 0.537. The van der Waals surface area contributed by atoms with Gasteiger partial charge < -0.3 is 5.11 Å². The van der Waals surface area contributed by atoms with Crippen molar-refractivity contribution in [2.24, 2.45) is 0 Å². The van der Waals surface area contributed by atoms with E-state index < -0.39 is 0 Å². The van der Waals surface area contributed by atoms with Crippen LogP contribution in [0.25, 0.3) is 0 Å². The van der Waals surface area contributed by atoms with Gasteiger partial charge in [-0.2, -0.15) is 18.2 Å². The first kappa shape index (κ1) is 12.9. The Kier molecular flexibility index (Phi) is 6.71. The predicted molar refractivity (Wildman–Crippen MR) is 55.6 cm³/mol. The summed E-state index contributed by atoms with van der Waals surface area (Å²) in [6.07, 6.45) is 7.54. The van der Waals surface area contributed by atoms with Gasteiger partial charge in [0.05, 0.1) is 5.76 Å². The summed E-state index contributed by atoms with van der Waals surface area (Å²) in [4.78, 5) is 0. The van der Waals surface area contributed by atoms with Crippen LogP contribution in [0.5, 0.6) is 0 Å². The molecule has 0 amide bonds. The molecule has 0 spiro atoms. The fourth-order valence-corrected chi connectivity index (χ4v) is 0.936. The summed E-state index contributed by atoms with van der Waals surface area (Å²) in [5.74, 6) is 0.384. The fraction of sp³-hybridized carbons (Fsp3) is 0.0833. The van der Waals surface area contributed by atoms with Gasteiger partial charge in [-0.1, -0.05) is 24.3 Å². The van der Waals surface area contributed by atoms with E-state index >= 15 is 0 Å². The van der Waals surface area contributed by atoms with Crippen LogP contribution in [-0.2, 0) is 16.8 Å². The summed E-state index contributed by atoms with van der Waals surface area (Å²) in [6, 6.07) is 10.0. The third-order valence-corrected chi connectivity index (χ3v) is 1.64. The maximum absolute atomic E-state index is 8.83. The van der Waals surface area contributed by atoms with E-state index in [4.69, 9.17) is 5.11 Å². The van der Waals surface area contributed by atoms with Crippen LogP contribution in [0.15, 0.2) is 66.0 Å². The Morgan fingerprint density at radius 3 is 1.86 bits per heavy atom. The van der Waals surface area contributed by atoms with Crippen LogP contribution >= 0.6 is 0 Å². The predicted octanol–water partition coefficient (Wildman–Crippen LogP) is 3.35. The van der Waals surface area contributed by atoms with Gasteiger partial charge in [0.2, 0.25) is 0 Å². The minimum atomic E-state index is 0. The van der Waals surface area contributed by atoms with Gasteiger partial charge in [0, 0.05) is 22.4 Å². The second-order valence-electron chi connectivity index (χ2n) is 2.72. The van der Waals surface area contributed by atoms with Gasteiger partial charge in [-0.05, 0) is 6.92 Å². The molecule has 0 aliphatic heterocycles.